The van der Waals surface area contributed by atoms with E-state index in [0.717, 1.165) is 16.2 Å². The van der Waals surface area contributed by atoms with Gasteiger partial charge in [-0.1, -0.05) is 0 Å². The minimum Gasteiger partial charge on any atom is -0.308 e. The number of fused-ring (bicyclic) bond motifs is 1. The first-order valence-electron chi connectivity index (χ1n) is 4.51. The van der Waals surface area contributed by atoms with Gasteiger partial charge in [0.05, 0.1) is 9.62 Å². The number of halogens is 1. The number of hydrogen-bond acceptors (Lipinski definition) is 5. The van der Waals surface area contributed by atoms with Gasteiger partial charge in [-0.25, -0.2) is 0 Å². The molecule has 1 aromatic heterocycles. The van der Waals surface area contributed by atoms with E-state index < -0.39 is 10.8 Å². The van der Waals surface area contributed by atoms with Crippen LogP contribution in [0, 0.1) is 10.1 Å². The molecule has 0 unspecified atom stereocenters. The first-order chi connectivity index (χ1) is 8.11. The van der Waals surface area contributed by atoms with Gasteiger partial charge in [0.1, 0.15) is 5.88 Å². The molecule has 1 aromatic carbocycles. The molecule has 1 heterocycles. The Morgan fingerprint density at radius 2 is 2.35 bits per heavy atom. The summed E-state index contributed by atoms with van der Waals surface area (Å²) in [6.45, 7) is 0. The number of nitro groups is 1. The van der Waals surface area contributed by atoms with Crippen molar-refractivity contribution in [2.45, 2.75) is 0 Å². The average Bonchev–Trinajstić information content (AvgIpc) is 2.71. The molecule has 17 heavy (non-hydrogen) atoms. The van der Waals surface area contributed by atoms with Gasteiger partial charge >= 0.3 is 0 Å². The van der Waals surface area contributed by atoms with Crippen LogP contribution in [-0.2, 0) is 4.79 Å². The number of alkyl halides is 1. The van der Waals surface area contributed by atoms with Gasteiger partial charge in [-0.2, -0.15) is 4.37 Å². The normalized spacial score (nSPS) is 10.4. The van der Waals surface area contributed by atoms with E-state index in [-0.39, 0.29) is 11.6 Å². The molecule has 0 aliphatic heterocycles. The number of carbonyl (C=O) groups excluding carboxylic acids is 1. The number of aromatic nitrogens is 1. The van der Waals surface area contributed by atoms with E-state index in [9.17, 15) is 14.9 Å². The van der Waals surface area contributed by atoms with Crippen molar-refractivity contribution in [2.24, 2.45) is 0 Å². The second kappa shape index (κ2) is 4.64. The summed E-state index contributed by atoms with van der Waals surface area (Å²) in [4.78, 5) is 21.3. The van der Waals surface area contributed by atoms with Crippen LogP contribution < -0.4 is 5.32 Å². The molecular formula is C9H6ClN3O3S. The van der Waals surface area contributed by atoms with E-state index in [2.05, 4.69) is 9.69 Å². The van der Waals surface area contributed by atoms with Crippen molar-refractivity contribution in [1.29, 1.82) is 0 Å². The number of hydrogen-bond donors (Lipinski definition) is 1. The Morgan fingerprint density at radius 1 is 1.59 bits per heavy atom. The Hall–Kier alpha value is -1.73. The Labute approximate surface area is 105 Å². The zero-order valence-electron chi connectivity index (χ0n) is 8.34. The summed E-state index contributed by atoms with van der Waals surface area (Å²) in [6.07, 6.45) is 0. The van der Waals surface area contributed by atoms with Crippen LogP contribution in [-0.4, -0.2) is 21.1 Å². The van der Waals surface area contributed by atoms with Gasteiger partial charge in [-0.3, -0.25) is 14.9 Å². The number of non-ortho nitro benzene ring substituents is 1. The van der Waals surface area contributed by atoms with Crippen molar-refractivity contribution in [3.63, 3.8) is 0 Å². The van der Waals surface area contributed by atoms with Gasteiger partial charge in [0.15, 0.2) is 5.82 Å². The minimum atomic E-state index is -0.496. The van der Waals surface area contributed by atoms with E-state index in [1.54, 1.807) is 6.07 Å². The molecule has 88 valence electrons. The fourth-order valence-electron chi connectivity index (χ4n) is 1.30. The standard InChI is InChI=1S/C9H6ClN3O3S/c10-4-8(14)11-9-6-3-5(13(15)16)1-2-7(6)17-12-9/h1-3H,4H2,(H,11,12,14). The number of nitro benzene ring substituents is 1. The molecule has 0 saturated heterocycles. The number of rotatable bonds is 3. The highest BCUT2D eigenvalue weighted by Gasteiger charge is 2.13. The Bertz CT molecular complexity index is 598. The molecule has 0 spiro atoms. The van der Waals surface area contributed by atoms with Gasteiger partial charge in [-0.15, -0.1) is 11.6 Å². The molecule has 0 bridgehead atoms. The molecule has 0 aliphatic rings. The highest BCUT2D eigenvalue weighted by atomic mass is 35.5. The molecule has 0 radical (unpaired) electrons. The molecule has 0 aliphatic carbocycles. The van der Waals surface area contributed by atoms with Crippen LogP contribution in [0.15, 0.2) is 18.2 Å². The lowest BCUT2D eigenvalue weighted by atomic mass is 10.2. The Morgan fingerprint density at radius 3 is 3.00 bits per heavy atom. The summed E-state index contributed by atoms with van der Waals surface area (Å²) < 4.78 is 4.78. The minimum absolute atomic E-state index is 0.0425. The van der Waals surface area contributed by atoms with E-state index in [4.69, 9.17) is 11.6 Å². The quantitative estimate of drug-likeness (QED) is 0.528. The lowest BCUT2D eigenvalue weighted by Crippen LogP contribution is -2.12. The average molecular weight is 272 g/mol. The van der Waals surface area contributed by atoms with Crippen molar-refractivity contribution < 1.29 is 9.72 Å². The number of carbonyl (C=O) groups is 1. The topological polar surface area (TPSA) is 85.1 Å². The number of nitrogens with one attached hydrogen (secondary N) is 1. The number of nitrogens with zero attached hydrogens (tertiary/aromatic N) is 2. The third-order valence-electron chi connectivity index (χ3n) is 2.04. The fraction of sp³-hybridized carbons (Fsp3) is 0.111. The second-order valence-corrected chi connectivity index (χ2v) is 4.22. The third kappa shape index (κ3) is 2.34. The molecule has 2 aromatic rings. The molecule has 1 amide bonds. The summed E-state index contributed by atoms with van der Waals surface area (Å²) >= 11 is 6.51. The zero-order valence-corrected chi connectivity index (χ0v) is 9.92. The predicted molar refractivity (Wildman–Crippen MR) is 65.6 cm³/mol. The van der Waals surface area contributed by atoms with E-state index in [1.165, 1.54) is 12.1 Å². The molecule has 8 heteroatoms. The molecule has 0 fully saturated rings. The van der Waals surface area contributed by atoms with Crippen molar-refractivity contribution in [1.82, 2.24) is 4.37 Å². The van der Waals surface area contributed by atoms with Crippen LogP contribution in [0.1, 0.15) is 0 Å². The first-order valence-corrected chi connectivity index (χ1v) is 5.82. The summed E-state index contributed by atoms with van der Waals surface area (Å²) in [7, 11) is 0. The van der Waals surface area contributed by atoms with Crippen LogP contribution in [0.5, 0.6) is 0 Å². The maximum absolute atomic E-state index is 11.1. The lowest BCUT2D eigenvalue weighted by Gasteiger charge is -1.98. The van der Waals surface area contributed by atoms with Gasteiger partial charge in [0.2, 0.25) is 5.91 Å². The van der Waals surface area contributed by atoms with Crippen molar-refractivity contribution in [3.05, 3.63) is 28.3 Å². The molecule has 6 nitrogen and oxygen atoms in total. The van der Waals surface area contributed by atoms with E-state index in [0.29, 0.717) is 11.2 Å². The van der Waals surface area contributed by atoms with Crippen molar-refractivity contribution >= 4 is 50.6 Å². The highest BCUT2D eigenvalue weighted by molar-refractivity contribution is 7.13. The maximum Gasteiger partial charge on any atom is 0.270 e. The van der Waals surface area contributed by atoms with Gasteiger partial charge in [0, 0.05) is 17.5 Å². The SMILES string of the molecule is O=C(CCl)Nc1nsc2ccc([N+](=O)[O-])cc12. The van der Waals surface area contributed by atoms with Crippen LogP contribution in [0.4, 0.5) is 11.5 Å². The van der Waals surface area contributed by atoms with E-state index in [1.807, 2.05) is 0 Å². The summed E-state index contributed by atoms with van der Waals surface area (Å²) in [5.41, 5.74) is -0.0425. The fourth-order valence-corrected chi connectivity index (χ4v) is 2.08. The number of amides is 1. The van der Waals surface area contributed by atoms with Gasteiger partial charge in [-0.05, 0) is 17.6 Å². The smallest absolute Gasteiger partial charge is 0.270 e. The van der Waals surface area contributed by atoms with E-state index >= 15 is 0 Å². The predicted octanol–water partition coefficient (Wildman–Crippen LogP) is 2.38. The molecule has 1 N–H and O–H groups in total. The Balaban J connectivity index is 2.46. The maximum atomic E-state index is 11.1. The van der Waals surface area contributed by atoms with Crippen molar-refractivity contribution in [2.75, 3.05) is 11.2 Å². The highest BCUT2D eigenvalue weighted by Crippen LogP contribution is 2.30. The third-order valence-corrected chi connectivity index (χ3v) is 3.11. The molecular weight excluding hydrogens is 266 g/mol. The zero-order chi connectivity index (χ0) is 12.4. The van der Waals surface area contributed by atoms with Crippen molar-refractivity contribution in [3.8, 4) is 0 Å². The first kappa shape index (κ1) is 11.7. The molecule has 2 rings (SSSR count). The van der Waals surface area contributed by atoms with Gasteiger partial charge < -0.3 is 5.32 Å². The van der Waals surface area contributed by atoms with Crippen LogP contribution in [0.25, 0.3) is 10.1 Å². The monoisotopic (exact) mass is 271 g/mol. The summed E-state index contributed by atoms with van der Waals surface area (Å²) in [6, 6.07) is 4.37. The summed E-state index contributed by atoms with van der Waals surface area (Å²) in [5, 5.41) is 13.7. The Kier molecular flexibility index (Phi) is 3.21. The second-order valence-electron chi connectivity index (χ2n) is 3.15. The molecule has 0 atom stereocenters. The van der Waals surface area contributed by atoms with Gasteiger partial charge in [0.25, 0.3) is 5.69 Å². The number of benzene rings is 1. The van der Waals surface area contributed by atoms with Crippen LogP contribution in [0.2, 0.25) is 0 Å². The molecule has 0 saturated carbocycles. The van der Waals surface area contributed by atoms with Crippen LogP contribution >= 0.6 is 23.1 Å². The van der Waals surface area contributed by atoms with Crippen LogP contribution in [0.3, 0.4) is 0 Å². The largest absolute Gasteiger partial charge is 0.308 e. The lowest BCUT2D eigenvalue weighted by molar-refractivity contribution is -0.384. The number of anilines is 1. The summed E-state index contributed by atoms with van der Waals surface area (Å²) in [5.74, 6) is -0.279.